The van der Waals surface area contributed by atoms with Gasteiger partial charge >= 0.3 is 0 Å². The van der Waals surface area contributed by atoms with Gasteiger partial charge in [-0.15, -0.1) is 12.4 Å². The monoisotopic (exact) mass is 412 g/mol. The Labute approximate surface area is 157 Å². The summed E-state index contributed by atoms with van der Waals surface area (Å²) in [4.78, 5) is 12.3. The molecule has 24 heavy (non-hydrogen) atoms. The van der Waals surface area contributed by atoms with Crippen molar-refractivity contribution in [2.45, 2.75) is 13.5 Å². The van der Waals surface area contributed by atoms with Crippen molar-refractivity contribution in [2.75, 3.05) is 19.6 Å². The van der Waals surface area contributed by atoms with Crippen LogP contribution in [0.5, 0.6) is 5.75 Å². The molecule has 0 aromatic heterocycles. The van der Waals surface area contributed by atoms with E-state index in [9.17, 15) is 4.79 Å². The number of rotatable bonds is 8. The quantitative estimate of drug-likeness (QED) is 0.647. The molecule has 0 unspecified atom stereocenters. The summed E-state index contributed by atoms with van der Waals surface area (Å²) in [6, 6.07) is 15.2. The molecule has 0 bridgehead atoms. The maximum Gasteiger partial charge on any atom is 0.255 e. The first-order valence-electron chi connectivity index (χ1n) is 7.66. The number of carbonyl (C=O) groups excluding carboxylic acids is 1. The predicted octanol–water partition coefficient (Wildman–Crippen LogP) is 3.79. The molecule has 0 spiro atoms. The Balaban J connectivity index is 0.00000288. The number of hydrogen-bond donors (Lipinski definition) is 2. The van der Waals surface area contributed by atoms with Crippen LogP contribution in [0, 0.1) is 0 Å². The summed E-state index contributed by atoms with van der Waals surface area (Å²) >= 11 is 3.41. The molecule has 0 aliphatic carbocycles. The standard InChI is InChI=1S/C18H21BrN2O2.ClH/c1-2-20-11-12-21-18(22)16-5-3-4-6-17(16)23-13-14-7-9-15(19)10-8-14;/h3-10,20H,2,11-13H2,1H3,(H,21,22);1H. The fourth-order valence-corrected chi connectivity index (χ4v) is 2.32. The predicted molar refractivity (Wildman–Crippen MR) is 103 cm³/mol. The molecular weight excluding hydrogens is 392 g/mol. The van der Waals surface area contributed by atoms with Gasteiger partial charge in [0, 0.05) is 17.6 Å². The van der Waals surface area contributed by atoms with Crippen molar-refractivity contribution in [3.05, 3.63) is 64.1 Å². The van der Waals surface area contributed by atoms with Gasteiger partial charge in [-0.2, -0.15) is 0 Å². The summed E-state index contributed by atoms with van der Waals surface area (Å²) in [5.74, 6) is 0.477. The lowest BCUT2D eigenvalue weighted by atomic mass is 10.2. The Morgan fingerprint density at radius 1 is 1.08 bits per heavy atom. The summed E-state index contributed by atoms with van der Waals surface area (Å²) in [6.07, 6.45) is 0. The van der Waals surface area contributed by atoms with Crippen LogP contribution in [0.4, 0.5) is 0 Å². The third-order valence-electron chi connectivity index (χ3n) is 3.28. The van der Waals surface area contributed by atoms with E-state index in [4.69, 9.17) is 4.74 Å². The fourth-order valence-electron chi connectivity index (χ4n) is 2.06. The number of likely N-dealkylation sites (N-methyl/N-ethyl adjacent to an activating group) is 1. The average Bonchev–Trinajstić information content (AvgIpc) is 2.58. The van der Waals surface area contributed by atoms with Crippen LogP contribution in [-0.2, 0) is 6.61 Å². The minimum atomic E-state index is -0.116. The van der Waals surface area contributed by atoms with Crippen LogP contribution in [0.1, 0.15) is 22.8 Å². The molecule has 130 valence electrons. The number of ether oxygens (including phenoxy) is 1. The summed E-state index contributed by atoms with van der Waals surface area (Å²) in [6.45, 7) is 4.70. The van der Waals surface area contributed by atoms with Gasteiger partial charge in [-0.1, -0.05) is 47.1 Å². The Morgan fingerprint density at radius 2 is 1.79 bits per heavy atom. The van der Waals surface area contributed by atoms with Crippen LogP contribution >= 0.6 is 28.3 Å². The van der Waals surface area contributed by atoms with Gasteiger partial charge in [0.15, 0.2) is 0 Å². The highest BCUT2D eigenvalue weighted by atomic mass is 79.9. The molecule has 2 N–H and O–H groups in total. The van der Waals surface area contributed by atoms with Crippen molar-refractivity contribution in [1.29, 1.82) is 0 Å². The lowest BCUT2D eigenvalue weighted by Crippen LogP contribution is -2.31. The smallest absolute Gasteiger partial charge is 0.255 e. The zero-order valence-electron chi connectivity index (χ0n) is 13.5. The van der Waals surface area contributed by atoms with E-state index < -0.39 is 0 Å². The molecule has 0 aliphatic rings. The molecule has 2 aromatic rings. The molecule has 2 rings (SSSR count). The summed E-state index contributed by atoms with van der Waals surface area (Å²) < 4.78 is 6.85. The van der Waals surface area contributed by atoms with E-state index in [1.54, 1.807) is 6.07 Å². The number of para-hydroxylation sites is 1. The van der Waals surface area contributed by atoms with Crippen LogP contribution in [0.2, 0.25) is 0 Å². The third kappa shape index (κ3) is 6.51. The normalized spacial score (nSPS) is 9.92. The molecule has 6 heteroatoms. The van der Waals surface area contributed by atoms with Crippen LogP contribution in [0.15, 0.2) is 53.0 Å². The molecular formula is C18H22BrClN2O2. The first kappa shape index (κ1) is 20.5. The highest BCUT2D eigenvalue weighted by Gasteiger charge is 2.11. The van der Waals surface area contributed by atoms with E-state index in [1.807, 2.05) is 49.4 Å². The first-order valence-corrected chi connectivity index (χ1v) is 8.45. The fraction of sp³-hybridized carbons (Fsp3) is 0.278. The molecule has 0 saturated carbocycles. The molecule has 2 aromatic carbocycles. The maximum atomic E-state index is 12.3. The van der Waals surface area contributed by atoms with Crippen molar-refractivity contribution in [2.24, 2.45) is 0 Å². The van der Waals surface area contributed by atoms with E-state index in [0.717, 1.165) is 23.1 Å². The van der Waals surface area contributed by atoms with Crippen molar-refractivity contribution in [3.8, 4) is 5.75 Å². The van der Waals surface area contributed by atoms with Crippen LogP contribution < -0.4 is 15.4 Å². The van der Waals surface area contributed by atoms with Crippen LogP contribution in [0.25, 0.3) is 0 Å². The van der Waals surface area contributed by atoms with Crippen LogP contribution in [-0.4, -0.2) is 25.5 Å². The van der Waals surface area contributed by atoms with Gasteiger partial charge in [-0.25, -0.2) is 0 Å². The summed E-state index contributed by atoms with van der Waals surface area (Å²) in [5, 5.41) is 6.06. The second kappa shape index (κ2) is 11.1. The molecule has 0 heterocycles. The maximum absolute atomic E-state index is 12.3. The van der Waals surface area contributed by atoms with Crippen molar-refractivity contribution in [3.63, 3.8) is 0 Å². The SMILES string of the molecule is CCNCCNC(=O)c1ccccc1OCc1ccc(Br)cc1.Cl. The van der Waals surface area contributed by atoms with Crippen molar-refractivity contribution >= 4 is 34.2 Å². The second-order valence-electron chi connectivity index (χ2n) is 5.02. The molecule has 0 fully saturated rings. The van der Waals surface area contributed by atoms with E-state index in [0.29, 0.717) is 24.5 Å². The van der Waals surface area contributed by atoms with E-state index in [1.165, 1.54) is 0 Å². The van der Waals surface area contributed by atoms with Crippen LogP contribution in [0.3, 0.4) is 0 Å². The second-order valence-corrected chi connectivity index (χ2v) is 5.94. The largest absolute Gasteiger partial charge is 0.488 e. The van der Waals surface area contributed by atoms with Gasteiger partial charge < -0.3 is 15.4 Å². The molecule has 0 atom stereocenters. The molecule has 0 radical (unpaired) electrons. The van der Waals surface area contributed by atoms with E-state index in [2.05, 4.69) is 26.6 Å². The minimum absolute atomic E-state index is 0. The van der Waals surface area contributed by atoms with Gasteiger partial charge in [0.25, 0.3) is 5.91 Å². The number of hydrogen-bond acceptors (Lipinski definition) is 3. The molecule has 4 nitrogen and oxygen atoms in total. The number of nitrogens with one attached hydrogen (secondary N) is 2. The first-order chi connectivity index (χ1) is 11.2. The van der Waals surface area contributed by atoms with Gasteiger partial charge in [0.2, 0.25) is 0 Å². The topological polar surface area (TPSA) is 50.4 Å². The Hall–Kier alpha value is -1.56. The molecule has 0 saturated heterocycles. The Bertz CT molecular complexity index is 635. The Kier molecular flexibility index (Phi) is 9.45. The van der Waals surface area contributed by atoms with Gasteiger partial charge in [0.1, 0.15) is 12.4 Å². The zero-order valence-corrected chi connectivity index (χ0v) is 16.0. The minimum Gasteiger partial charge on any atom is -0.488 e. The molecule has 1 amide bonds. The number of carbonyl (C=O) groups is 1. The summed E-state index contributed by atoms with van der Waals surface area (Å²) in [5.41, 5.74) is 1.61. The lowest BCUT2D eigenvalue weighted by Gasteiger charge is -2.12. The third-order valence-corrected chi connectivity index (χ3v) is 3.81. The van der Waals surface area contributed by atoms with Crippen molar-refractivity contribution < 1.29 is 9.53 Å². The zero-order chi connectivity index (χ0) is 16.5. The Morgan fingerprint density at radius 3 is 2.50 bits per heavy atom. The van der Waals surface area contributed by atoms with Crippen molar-refractivity contribution in [1.82, 2.24) is 10.6 Å². The number of benzene rings is 2. The number of amides is 1. The number of halogens is 2. The van der Waals surface area contributed by atoms with Gasteiger partial charge in [0.05, 0.1) is 5.56 Å². The highest BCUT2D eigenvalue weighted by molar-refractivity contribution is 9.10. The molecule has 0 aliphatic heterocycles. The summed E-state index contributed by atoms with van der Waals surface area (Å²) in [7, 11) is 0. The van der Waals surface area contributed by atoms with Gasteiger partial charge in [-0.3, -0.25) is 4.79 Å². The van der Waals surface area contributed by atoms with Gasteiger partial charge in [-0.05, 0) is 36.4 Å². The highest BCUT2D eigenvalue weighted by Crippen LogP contribution is 2.20. The lowest BCUT2D eigenvalue weighted by molar-refractivity contribution is 0.0949. The van der Waals surface area contributed by atoms with E-state index in [-0.39, 0.29) is 18.3 Å². The van der Waals surface area contributed by atoms with E-state index >= 15 is 0 Å². The average molecular weight is 414 g/mol.